The first kappa shape index (κ1) is 19.2. The van der Waals surface area contributed by atoms with Crippen molar-refractivity contribution in [2.24, 2.45) is 0 Å². The van der Waals surface area contributed by atoms with Gasteiger partial charge in [-0.15, -0.1) is 0 Å². The van der Waals surface area contributed by atoms with Crippen molar-refractivity contribution >= 4 is 44.9 Å². The fourth-order valence-corrected chi connectivity index (χ4v) is 4.23. The van der Waals surface area contributed by atoms with Gasteiger partial charge in [0.1, 0.15) is 17.2 Å². The molecule has 0 radical (unpaired) electrons. The fraction of sp³-hybridized carbons (Fsp3) is 0.136. The van der Waals surface area contributed by atoms with E-state index in [2.05, 4.69) is 0 Å². The molecule has 0 fully saturated rings. The number of fused-ring (bicyclic) bond motifs is 3. The van der Waals surface area contributed by atoms with Gasteiger partial charge in [-0.3, -0.25) is 8.86 Å². The van der Waals surface area contributed by atoms with Crippen LogP contribution in [0, 0.1) is 0 Å². The summed E-state index contributed by atoms with van der Waals surface area (Å²) < 4.78 is 28.9. The lowest BCUT2D eigenvalue weighted by molar-refractivity contribution is -0.138. The summed E-state index contributed by atoms with van der Waals surface area (Å²) in [5, 5.41) is 11.4. The van der Waals surface area contributed by atoms with Crippen LogP contribution in [0.2, 0.25) is 0 Å². The Bertz CT molecular complexity index is 1190. The van der Waals surface area contributed by atoms with Crippen LogP contribution in [0.15, 0.2) is 77.2 Å². The van der Waals surface area contributed by atoms with Crippen LogP contribution >= 0.6 is 0 Å². The first-order valence-electron chi connectivity index (χ1n) is 9.13. The van der Waals surface area contributed by atoms with E-state index in [9.17, 15) is 18.7 Å². The Morgan fingerprint density at radius 2 is 1.66 bits per heavy atom. The number of hydrogen-bond donors (Lipinski definition) is 2. The van der Waals surface area contributed by atoms with E-state index in [1.165, 1.54) is 0 Å². The highest BCUT2D eigenvalue weighted by Gasteiger charge is 2.30. The van der Waals surface area contributed by atoms with Crippen LogP contribution in [0.4, 0.5) is 5.69 Å². The molecular formula is C22H19NO5S. The lowest BCUT2D eigenvalue weighted by Gasteiger charge is -2.27. The Labute approximate surface area is 169 Å². The first-order valence-corrected chi connectivity index (χ1v) is 10.2. The number of aryl methyl sites for hydroxylation is 1. The zero-order valence-corrected chi connectivity index (χ0v) is 16.2. The molecule has 0 amide bonds. The fourth-order valence-electron chi connectivity index (χ4n) is 3.52. The van der Waals surface area contributed by atoms with Gasteiger partial charge >= 0.3 is 5.97 Å². The molecule has 0 spiro atoms. The summed E-state index contributed by atoms with van der Waals surface area (Å²) in [5.74, 6) is -1.15. The molecule has 2 atom stereocenters. The number of hydrogen-bond acceptors (Lipinski definition) is 3. The Hall–Kier alpha value is -3.16. The van der Waals surface area contributed by atoms with Crippen LogP contribution in [0.1, 0.15) is 12.0 Å². The van der Waals surface area contributed by atoms with Crippen molar-refractivity contribution in [2.45, 2.75) is 18.9 Å². The molecule has 4 aromatic rings. The summed E-state index contributed by atoms with van der Waals surface area (Å²) in [6.45, 7) is 0. The van der Waals surface area contributed by atoms with Gasteiger partial charge in [-0.05, 0) is 42.7 Å². The number of anilines is 1. The number of para-hydroxylation sites is 1. The maximum absolute atomic E-state index is 12.1. The summed E-state index contributed by atoms with van der Waals surface area (Å²) in [5.41, 5.74) is 2.66. The van der Waals surface area contributed by atoms with Gasteiger partial charge in [-0.25, -0.2) is 9.00 Å². The van der Waals surface area contributed by atoms with Gasteiger partial charge < -0.3 is 9.52 Å². The van der Waals surface area contributed by atoms with E-state index in [1.54, 1.807) is 18.2 Å². The summed E-state index contributed by atoms with van der Waals surface area (Å²) in [7, 11) is 0. The number of furan rings is 1. The van der Waals surface area contributed by atoms with Gasteiger partial charge in [-0.1, -0.05) is 48.5 Å². The molecule has 148 valence electrons. The van der Waals surface area contributed by atoms with Crippen molar-refractivity contribution in [3.8, 4) is 0 Å². The highest BCUT2D eigenvalue weighted by atomic mass is 32.2. The molecule has 0 saturated heterocycles. The maximum Gasteiger partial charge on any atom is 0.327 e. The zero-order chi connectivity index (χ0) is 20.4. The minimum atomic E-state index is -2.51. The predicted octanol–water partition coefficient (Wildman–Crippen LogP) is 4.62. The van der Waals surface area contributed by atoms with Crippen LogP contribution in [0.5, 0.6) is 0 Å². The molecule has 0 aliphatic heterocycles. The molecule has 6 nitrogen and oxygen atoms in total. The monoisotopic (exact) mass is 409 g/mol. The molecule has 4 rings (SSSR count). The van der Waals surface area contributed by atoms with Crippen molar-refractivity contribution < 1.29 is 23.1 Å². The normalized spacial score (nSPS) is 13.4. The third-order valence-corrected chi connectivity index (χ3v) is 5.70. The molecule has 3 aromatic carbocycles. The Morgan fingerprint density at radius 3 is 2.38 bits per heavy atom. The lowest BCUT2D eigenvalue weighted by Crippen LogP contribution is -2.42. The molecule has 0 aliphatic carbocycles. The molecule has 2 unspecified atom stereocenters. The van der Waals surface area contributed by atoms with E-state index in [0.29, 0.717) is 23.3 Å². The number of rotatable bonds is 7. The van der Waals surface area contributed by atoms with Crippen molar-refractivity contribution in [2.75, 3.05) is 4.31 Å². The summed E-state index contributed by atoms with van der Waals surface area (Å²) in [6, 6.07) is 20.8. The van der Waals surface area contributed by atoms with Crippen molar-refractivity contribution in [1.29, 1.82) is 0 Å². The molecule has 1 aromatic heterocycles. The summed E-state index contributed by atoms with van der Waals surface area (Å²) in [6.07, 6.45) is 0.665. The maximum atomic E-state index is 12.1. The first-order chi connectivity index (χ1) is 14.0. The van der Waals surface area contributed by atoms with Gasteiger partial charge in [-0.2, -0.15) is 0 Å². The molecule has 0 aliphatic rings. The molecule has 0 saturated carbocycles. The molecule has 1 heterocycles. The summed E-state index contributed by atoms with van der Waals surface area (Å²) >= 11 is -2.51. The van der Waals surface area contributed by atoms with Crippen molar-refractivity contribution in [1.82, 2.24) is 0 Å². The highest BCUT2D eigenvalue weighted by Crippen LogP contribution is 2.33. The van der Waals surface area contributed by atoms with E-state index in [-0.39, 0.29) is 6.42 Å². The van der Waals surface area contributed by atoms with Gasteiger partial charge in [0.2, 0.25) is 0 Å². The van der Waals surface area contributed by atoms with Crippen molar-refractivity contribution in [3.63, 3.8) is 0 Å². The minimum Gasteiger partial charge on any atom is -0.480 e. The second kappa shape index (κ2) is 8.06. The number of carbonyl (C=O) groups is 1. The topological polar surface area (TPSA) is 91.0 Å². The van der Waals surface area contributed by atoms with E-state index < -0.39 is 23.3 Å². The van der Waals surface area contributed by atoms with E-state index >= 15 is 0 Å². The van der Waals surface area contributed by atoms with Gasteiger partial charge in [0.15, 0.2) is 0 Å². The van der Waals surface area contributed by atoms with Crippen molar-refractivity contribution in [3.05, 3.63) is 78.4 Å². The Balaban J connectivity index is 1.72. The number of benzene rings is 3. The van der Waals surface area contributed by atoms with Gasteiger partial charge in [0.25, 0.3) is 11.3 Å². The average Bonchev–Trinajstić information content (AvgIpc) is 3.09. The van der Waals surface area contributed by atoms with Gasteiger partial charge in [0.05, 0.1) is 5.69 Å². The Morgan fingerprint density at radius 1 is 0.966 bits per heavy atom. The average molecular weight is 409 g/mol. The number of carboxylic acid groups (broad SMARTS) is 1. The van der Waals surface area contributed by atoms with E-state index in [1.807, 2.05) is 54.6 Å². The van der Waals surface area contributed by atoms with Crippen LogP contribution in [-0.2, 0) is 22.5 Å². The predicted molar refractivity (Wildman–Crippen MR) is 113 cm³/mol. The SMILES string of the molecule is O=C(O)C(CCc1ccccc1)N(c1ccc2oc3ccccc3c2c1)S(=O)O. The molecule has 0 bridgehead atoms. The molecule has 7 heteroatoms. The lowest BCUT2D eigenvalue weighted by atomic mass is 10.0. The third-order valence-electron chi connectivity index (χ3n) is 4.90. The largest absolute Gasteiger partial charge is 0.480 e. The molecule has 29 heavy (non-hydrogen) atoms. The molecule has 2 N–H and O–H groups in total. The van der Waals surface area contributed by atoms with Crippen LogP contribution in [-0.4, -0.2) is 25.9 Å². The number of carboxylic acids is 1. The van der Waals surface area contributed by atoms with E-state index in [4.69, 9.17) is 4.42 Å². The second-order valence-corrected chi connectivity index (χ2v) is 7.57. The third kappa shape index (κ3) is 3.87. The quantitative estimate of drug-likeness (QED) is 0.435. The highest BCUT2D eigenvalue weighted by molar-refractivity contribution is 7.80. The smallest absolute Gasteiger partial charge is 0.327 e. The standard InChI is InChI=1S/C22H19NO5S/c24-22(25)19(12-10-15-6-2-1-3-7-15)23(29(26)27)16-11-13-21-18(14-16)17-8-4-5-9-20(17)28-21/h1-9,11,13-14,19H,10,12H2,(H,24,25)(H,26,27). The number of aliphatic carboxylic acids is 1. The summed E-state index contributed by atoms with van der Waals surface area (Å²) in [4.78, 5) is 12.0. The zero-order valence-electron chi connectivity index (χ0n) is 15.4. The molecular weight excluding hydrogens is 390 g/mol. The van der Waals surface area contributed by atoms with Crippen LogP contribution in [0.25, 0.3) is 21.9 Å². The van der Waals surface area contributed by atoms with Crippen LogP contribution in [0.3, 0.4) is 0 Å². The number of nitrogens with zero attached hydrogens (tertiary/aromatic N) is 1. The van der Waals surface area contributed by atoms with Gasteiger partial charge in [0, 0.05) is 10.8 Å². The van der Waals surface area contributed by atoms with Crippen LogP contribution < -0.4 is 4.31 Å². The van der Waals surface area contributed by atoms with E-state index in [0.717, 1.165) is 20.6 Å². The second-order valence-electron chi connectivity index (χ2n) is 6.71. The Kier molecular flexibility index (Phi) is 5.33. The minimum absolute atomic E-state index is 0.190.